The molecule has 1 atom stereocenters. The molecule has 0 bridgehead atoms. The molecule has 4 nitrogen and oxygen atoms in total. The highest BCUT2D eigenvalue weighted by molar-refractivity contribution is 6.36. The highest BCUT2D eigenvalue weighted by Crippen LogP contribution is 2.31. The summed E-state index contributed by atoms with van der Waals surface area (Å²) in [7, 11) is 0. The molecule has 6 heteroatoms. The molecular formula is C29H32Cl2N2O2. The average molecular weight is 511 g/mol. The fourth-order valence-corrected chi connectivity index (χ4v) is 4.75. The molecule has 2 amide bonds. The summed E-state index contributed by atoms with van der Waals surface area (Å²) < 4.78 is 0. The summed E-state index contributed by atoms with van der Waals surface area (Å²) in [5.41, 5.74) is 2.74. The van der Waals surface area contributed by atoms with E-state index in [9.17, 15) is 9.59 Å². The lowest BCUT2D eigenvalue weighted by Gasteiger charge is -2.32. The van der Waals surface area contributed by atoms with E-state index < -0.39 is 6.04 Å². The number of carbonyl (C=O) groups is 2. The Hall–Kier alpha value is -2.82. The van der Waals surface area contributed by atoms with Gasteiger partial charge in [-0.3, -0.25) is 9.59 Å². The number of hydrogen-bond acceptors (Lipinski definition) is 2. The fraction of sp³-hybridized carbons (Fsp3) is 0.310. The number of rotatable bonds is 11. The van der Waals surface area contributed by atoms with Gasteiger partial charge in [0.25, 0.3) is 0 Å². The molecule has 0 saturated heterocycles. The van der Waals surface area contributed by atoms with Gasteiger partial charge >= 0.3 is 0 Å². The van der Waals surface area contributed by atoms with Gasteiger partial charge in [-0.25, -0.2) is 0 Å². The summed E-state index contributed by atoms with van der Waals surface area (Å²) in [5.74, 6) is -0.440. The Morgan fingerprint density at radius 2 is 1.37 bits per heavy atom. The molecule has 0 fully saturated rings. The number of benzene rings is 3. The fourth-order valence-electron chi connectivity index (χ4n) is 4.23. The summed E-state index contributed by atoms with van der Waals surface area (Å²) in [6.07, 6.45) is 1.51. The molecule has 0 aliphatic carbocycles. The largest absolute Gasteiger partial charge is 0.354 e. The lowest BCUT2D eigenvalue weighted by atomic mass is 9.88. The van der Waals surface area contributed by atoms with Crippen LogP contribution in [0.25, 0.3) is 0 Å². The normalized spacial score (nSPS) is 11.8. The zero-order valence-electron chi connectivity index (χ0n) is 20.2. The van der Waals surface area contributed by atoms with Crippen molar-refractivity contribution >= 4 is 35.0 Å². The lowest BCUT2D eigenvalue weighted by molar-refractivity contribution is -0.141. The van der Waals surface area contributed by atoms with E-state index in [1.54, 1.807) is 23.1 Å². The molecule has 0 heterocycles. The molecule has 0 saturated carbocycles. The van der Waals surface area contributed by atoms with Gasteiger partial charge in [0.15, 0.2) is 0 Å². The maximum atomic E-state index is 14.0. The maximum Gasteiger partial charge on any atom is 0.242 e. The smallest absolute Gasteiger partial charge is 0.242 e. The number of hydrogen-bond donors (Lipinski definition) is 1. The van der Waals surface area contributed by atoms with Crippen molar-refractivity contribution in [1.29, 1.82) is 0 Å². The van der Waals surface area contributed by atoms with Gasteiger partial charge < -0.3 is 10.2 Å². The summed E-state index contributed by atoms with van der Waals surface area (Å²) in [6, 6.07) is 24.6. The monoisotopic (exact) mass is 510 g/mol. The summed E-state index contributed by atoms with van der Waals surface area (Å²) in [4.78, 5) is 28.7. The molecule has 3 aromatic rings. The Kier molecular flexibility index (Phi) is 10.2. The van der Waals surface area contributed by atoms with Crippen molar-refractivity contribution in [3.05, 3.63) is 106 Å². The second-order valence-corrected chi connectivity index (χ2v) is 9.33. The first-order valence-corrected chi connectivity index (χ1v) is 12.8. The Bertz CT molecular complexity index is 1050. The molecule has 0 aromatic heterocycles. The van der Waals surface area contributed by atoms with Crippen LogP contribution in [0.1, 0.15) is 55.7 Å². The summed E-state index contributed by atoms with van der Waals surface area (Å²) >= 11 is 12.9. The predicted molar refractivity (Wildman–Crippen MR) is 144 cm³/mol. The standard InChI is InChI=1S/C29H32Cl2N2O2/c1-3-18-32-29(35)27(4-2)33(20-24-25(30)16-11-17-26(24)31)28(34)19-23(21-12-7-5-8-13-21)22-14-9-6-10-15-22/h5-17,23,27H,3-4,18-20H2,1-2H3,(H,32,35)/t27-/m1/s1. The zero-order valence-corrected chi connectivity index (χ0v) is 21.7. The third kappa shape index (κ3) is 7.09. The van der Waals surface area contributed by atoms with Crippen LogP contribution in [0.3, 0.4) is 0 Å². The Labute approximate surface area is 218 Å². The minimum atomic E-state index is -0.631. The second-order valence-electron chi connectivity index (χ2n) is 8.52. The quantitative estimate of drug-likeness (QED) is 0.306. The molecular weight excluding hydrogens is 479 g/mol. The van der Waals surface area contributed by atoms with E-state index in [0.29, 0.717) is 28.6 Å². The van der Waals surface area contributed by atoms with Crippen molar-refractivity contribution in [3.63, 3.8) is 0 Å². The third-order valence-electron chi connectivity index (χ3n) is 6.11. The van der Waals surface area contributed by atoms with Crippen molar-refractivity contribution in [2.24, 2.45) is 0 Å². The molecule has 0 radical (unpaired) electrons. The van der Waals surface area contributed by atoms with Crippen LogP contribution in [0.4, 0.5) is 0 Å². The van der Waals surface area contributed by atoms with Crippen molar-refractivity contribution < 1.29 is 9.59 Å². The van der Waals surface area contributed by atoms with Gasteiger partial charge in [0.05, 0.1) is 0 Å². The molecule has 1 N–H and O–H groups in total. The van der Waals surface area contributed by atoms with E-state index in [1.165, 1.54) is 0 Å². The first kappa shape index (κ1) is 26.8. The molecule has 0 spiro atoms. The minimum Gasteiger partial charge on any atom is -0.354 e. The molecule has 0 unspecified atom stereocenters. The van der Waals surface area contributed by atoms with E-state index >= 15 is 0 Å². The van der Waals surface area contributed by atoms with Gasteiger partial charge in [0.2, 0.25) is 11.8 Å². The Morgan fingerprint density at radius 1 is 0.829 bits per heavy atom. The van der Waals surface area contributed by atoms with Crippen LogP contribution in [0.15, 0.2) is 78.9 Å². The number of nitrogens with one attached hydrogen (secondary N) is 1. The average Bonchev–Trinajstić information content (AvgIpc) is 2.88. The van der Waals surface area contributed by atoms with Crippen LogP contribution in [0.2, 0.25) is 10.0 Å². The highest BCUT2D eigenvalue weighted by Gasteiger charge is 2.31. The van der Waals surface area contributed by atoms with Crippen LogP contribution in [0, 0.1) is 0 Å². The van der Waals surface area contributed by atoms with Gasteiger partial charge in [0, 0.05) is 41.0 Å². The van der Waals surface area contributed by atoms with Gasteiger partial charge in [-0.15, -0.1) is 0 Å². The molecule has 0 aliphatic heterocycles. The Balaban J connectivity index is 1.98. The van der Waals surface area contributed by atoms with E-state index in [2.05, 4.69) is 5.32 Å². The summed E-state index contributed by atoms with van der Waals surface area (Å²) in [6.45, 7) is 4.63. The number of halogens is 2. The third-order valence-corrected chi connectivity index (χ3v) is 6.82. The van der Waals surface area contributed by atoms with E-state index in [1.807, 2.05) is 74.5 Å². The van der Waals surface area contributed by atoms with Crippen molar-refractivity contribution in [2.45, 2.75) is 51.6 Å². The van der Waals surface area contributed by atoms with Crippen LogP contribution in [0.5, 0.6) is 0 Å². The maximum absolute atomic E-state index is 14.0. The zero-order chi connectivity index (χ0) is 25.2. The van der Waals surface area contributed by atoms with Crippen molar-refractivity contribution in [2.75, 3.05) is 6.54 Å². The molecule has 3 rings (SSSR count). The summed E-state index contributed by atoms with van der Waals surface area (Å²) in [5, 5.41) is 3.90. The van der Waals surface area contributed by atoms with Gasteiger partial charge in [-0.05, 0) is 36.1 Å². The topological polar surface area (TPSA) is 49.4 Å². The number of amides is 2. The SMILES string of the molecule is CCCNC(=O)[C@@H](CC)N(Cc1c(Cl)cccc1Cl)C(=O)CC(c1ccccc1)c1ccccc1. The molecule has 3 aromatic carbocycles. The first-order valence-electron chi connectivity index (χ1n) is 12.1. The lowest BCUT2D eigenvalue weighted by Crippen LogP contribution is -2.49. The molecule has 0 aliphatic rings. The molecule has 35 heavy (non-hydrogen) atoms. The predicted octanol–water partition coefficient (Wildman–Crippen LogP) is 6.85. The van der Waals surface area contributed by atoms with Crippen LogP contribution in [-0.4, -0.2) is 29.3 Å². The van der Waals surface area contributed by atoms with Crippen molar-refractivity contribution in [1.82, 2.24) is 10.2 Å². The Morgan fingerprint density at radius 3 is 1.86 bits per heavy atom. The van der Waals surface area contributed by atoms with Crippen LogP contribution >= 0.6 is 23.2 Å². The van der Waals surface area contributed by atoms with Crippen LogP contribution < -0.4 is 5.32 Å². The molecule has 184 valence electrons. The van der Waals surface area contributed by atoms with E-state index in [-0.39, 0.29) is 30.7 Å². The van der Waals surface area contributed by atoms with Gasteiger partial charge in [-0.2, -0.15) is 0 Å². The van der Waals surface area contributed by atoms with E-state index in [4.69, 9.17) is 23.2 Å². The van der Waals surface area contributed by atoms with Gasteiger partial charge in [0.1, 0.15) is 6.04 Å². The van der Waals surface area contributed by atoms with E-state index in [0.717, 1.165) is 17.5 Å². The first-order chi connectivity index (χ1) is 17.0. The highest BCUT2D eigenvalue weighted by atomic mass is 35.5. The number of nitrogens with zero attached hydrogens (tertiary/aromatic N) is 1. The van der Waals surface area contributed by atoms with Crippen molar-refractivity contribution in [3.8, 4) is 0 Å². The minimum absolute atomic E-state index is 0.128. The van der Waals surface area contributed by atoms with Gasteiger partial charge in [-0.1, -0.05) is 104 Å². The number of carbonyl (C=O) groups excluding carboxylic acids is 2. The van der Waals surface area contributed by atoms with Crippen LogP contribution in [-0.2, 0) is 16.1 Å². The second kappa shape index (κ2) is 13.3.